The van der Waals surface area contributed by atoms with Gasteiger partial charge < -0.3 is 14.7 Å². The minimum atomic E-state index is -0.204. The molecule has 3 aromatic carbocycles. The van der Waals surface area contributed by atoms with Gasteiger partial charge in [-0.15, -0.1) is 0 Å². The maximum Gasteiger partial charge on any atom is 0.123 e. The molecular weight excluding hydrogens is 444 g/mol. The molecule has 0 aromatic heterocycles. The van der Waals surface area contributed by atoms with Crippen LogP contribution >= 0.6 is 0 Å². The zero-order chi connectivity index (χ0) is 26.3. The lowest BCUT2D eigenvalue weighted by atomic mass is 9.84. The van der Waals surface area contributed by atoms with Crippen LogP contribution in [0.4, 0.5) is 21.5 Å². The second-order valence-corrected chi connectivity index (χ2v) is 11.2. The van der Waals surface area contributed by atoms with Crippen molar-refractivity contribution in [2.75, 3.05) is 21.7 Å². The summed E-state index contributed by atoms with van der Waals surface area (Å²) in [7, 11) is 2.17. The van der Waals surface area contributed by atoms with Gasteiger partial charge in [0.05, 0.1) is 6.04 Å². The summed E-state index contributed by atoms with van der Waals surface area (Å²) in [5.41, 5.74) is 8.52. The number of benzene rings is 3. The van der Waals surface area contributed by atoms with E-state index in [-0.39, 0.29) is 11.9 Å². The number of hydrogen-bond acceptors (Lipinski definition) is 3. The summed E-state index contributed by atoms with van der Waals surface area (Å²) < 4.78 is 13.9. The van der Waals surface area contributed by atoms with Crippen molar-refractivity contribution in [3.8, 4) is 11.1 Å². The molecule has 0 bridgehead atoms. The molecule has 0 aliphatic carbocycles. The van der Waals surface area contributed by atoms with Crippen LogP contribution in [-0.4, -0.2) is 31.2 Å². The first-order chi connectivity index (χ1) is 17.0. The van der Waals surface area contributed by atoms with E-state index in [1.807, 2.05) is 12.1 Å². The van der Waals surface area contributed by atoms with Gasteiger partial charge in [-0.2, -0.15) is 0 Å². The largest absolute Gasteiger partial charge is 0.367 e. The maximum atomic E-state index is 13.9. The Hall–Kier alpha value is -3.01. The first kappa shape index (κ1) is 26.1. The van der Waals surface area contributed by atoms with Gasteiger partial charge in [-0.1, -0.05) is 24.3 Å². The van der Waals surface area contributed by atoms with Gasteiger partial charge >= 0.3 is 0 Å². The summed E-state index contributed by atoms with van der Waals surface area (Å²) in [6, 6.07) is 22.4. The minimum Gasteiger partial charge on any atom is -0.367 e. The topological polar surface area (TPSA) is 9.72 Å². The number of anilines is 3. The van der Waals surface area contributed by atoms with E-state index in [0.29, 0.717) is 24.2 Å². The zero-order valence-electron chi connectivity index (χ0n) is 23.4. The van der Waals surface area contributed by atoms with Crippen LogP contribution in [0.5, 0.6) is 0 Å². The summed E-state index contributed by atoms with van der Waals surface area (Å²) in [6.45, 7) is 18.0. The Morgan fingerprint density at radius 1 is 0.639 bits per heavy atom. The number of fused-ring (bicyclic) bond motifs is 3. The van der Waals surface area contributed by atoms with Crippen LogP contribution in [-0.2, 0) is 0 Å². The lowest BCUT2D eigenvalue weighted by Gasteiger charge is -2.41. The molecule has 36 heavy (non-hydrogen) atoms. The standard InChI is InChI=1S/C32H42FN3/c1-20(2)35(21(3)4)26-14-16-28-29-17-15-27(36(22(5)6)23(7)8)19-31(29)34(9)32(30(28)18-26)24-10-12-25(33)13-11-24/h10-23,32H,1-9H3/i33-1. The summed E-state index contributed by atoms with van der Waals surface area (Å²) >= 11 is 0. The highest BCUT2D eigenvalue weighted by Crippen LogP contribution is 2.49. The second-order valence-electron chi connectivity index (χ2n) is 11.2. The first-order valence-corrected chi connectivity index (χ1v) is 13.3. The van der Waals surface area contributed by atoms with Gasteiger partial charge in [0.15, 0.2) is 0 Å². The summed E-state index contributed by atoms with van der Waals surface area (Å²) in [6.07, 6.45) is 0. The molecule has 0 radical (unpaired) electrons. The van der Waals surface area contributed by atoms with Crippen LogP contribution in [0.3, 0.4) is 0 Å². The normalized spacial score (nSPS) is 15.1. The monoisotopic (exact) mass is 486 g/mol. The second kappa shape index (κ2) is 10.2. The number of rotatable bonds is 7. The molecule has 1 atom stereocenters. The molecule has 1 unspecified atom stereocenters. The fourth-order valence-electron chi connectivity index (χ4n) is 6.16. The Bertz CT molecular complexity index is 1180. The lowest BCUT2D eigenvalue weighted by molar-refractivity contribution is 0.606. The average molecular weight is 487 g/mol. The Morgan fingerprint density at radius 2 is 1.11 bits per heavy atom. The van der Waals surface area contributed by atoms with E-state index in [2.05, 4.69) is 114 Å². The van der Waals surface area contributed by atoms with Crippen LogP contribution < -0.4 is 14.7 Å². The summed E-state index contributed by atoms with van der Waals surface area (Å²) in [5, 5.41) is 0. The highest BCUT2D eigenvalue weighted by molar-refractivity contribution is 5.88. The van der Waals surface area contributed by atoms with Crippen molar-refractivity contribution < 1.29 is 4.39 Å². The number of hydrogen-bond donors (Lipinski definition) is 0. The average Bonchev–Trinajstić information content (AvgIpc) is 2.79. The molecule has 192 valence electrons. The predicted molar refractivity (Wildman–Crippen MR) is 154 cm³/mol. The van der Waals surface area contributed by atoms with E-state index in [0.717, 1.165) is 5.56 Å². The molecule has 4 rings (SSSR count). The number of nitrogens with zero attached hydrogens (tertiary/aromatic N) is 3. The third-order valence-corrected chi connectivity index (χ3v) is 7.38. The van der Waals surface area contributed by atoms with Gasteiger partial charge in [-0.25, -0.2) is 4.39 Å². The van der Waals surface area contributed by atoms with Crippen molar-refractivity contribution in [2.24, 2.45) is 0 Å². The first-order valence-electron chi connectivity index (χ1n) is 13.3. The van der Waals surface area contributed by atoms with Crippen molar-refractivity contribution in [1.29, 1.82) is 0 Å². The van der Waals surface area contributed by atoms with E-state index in [1.54, 1.807) is 12.1 Å². The fraction of sp³-hybridized carbons (Fsp3) is 0.438. The minimum absolute atomic E-state index is 0.00368. The Morgan fingerprint density at radius 3 is 1.61 bits per heavy atom. The third-order valence-electron chi connectivity index (χ3n) is 7.38. The van der Waals surface area contributed by atoms with E-state index in [4.69, 9.17) is 0 Å². The number of halogens is 1. The lowest BCUT2D eigenvalue weighted by Crippen LogP contribution is -2.38. The maximum absolute atomic E-state index is 13.9. The Balaban J connectivity index is 1.93. The van der Waals surface area contributed by atoms with Crippen LogP contribution in [0.15, 0.2) is 60.7 Å². The van der Waals surface area contributed by atoms with Crippen molar-refractivity contribution in [3.05, 3.63) is 77.6 Å². The van der Waals surface area contributed by atoms with Crippen molar-refractivity contribution in [1.82, 2.24) is 0 Å². The van der Waals surface area contributed by atoms with Gasteiger partial charge in [0.2, 0.25) is 0 Å². The van der Waals surface area contributed by atoms with Crippen LogP contribution in [0.2, 0.25) is 0 Å². The van der Waals surface area contributed by atoms with Gasteiger partial charge in [0.25, 0.3) is 0 Å². The predicted octanol–water partition coefficient (Wildman–Crippen LogP) is 8.28. The van der Waals surface area contributed by atoms with Crippen LogP contribution in [0.1, 0.15) is 72.6 Å². The molecule has 1 heterocycles. The Kier molecular flexibility index (Phi) is 7.36. The molecule has 0 amide bonds. The summed E-state index contributed by atoms with van der Waals surface area (Å²) in [5.74, 6) is -0.204. The molecule has 0 saturated carbocycles. The summed E-state index contributed by atoms with van der Waals surface area (Å²) in [4.78, 5) is 7.29. The van der Waals surface area contributed by atoms with Crippen molar-refractivity contribution in [2.45, 2.75) is 85.6 Å². The van der Waals surface area contributed by atoms with Crippen molar-refractivity contribution in [3.63, 3.8) is 0 Å². The van der Waals surface area contributed by atoms with E-state index in [1.165, 1.54) is 33.8 Å². The van der Waals surface area contributed by atoms with E-state index >= 15 is 0 Å². The van der Waals surface area contributed by atoms with Crippen LogP contribution in [0.25, 0.3) is 11.1 Å². The quantitative estimate of drug-likeness (QED) is 0.333. The molecule has 4 heteroatoms. The SMILES string of the molecule is CC(C)N(c1ccc2c(c1)C(c1ccc([18F])cc1)N(C)c1cc(N(C(C)C)C(C)C)ccc1-2)C(C)C. The molecule has 0 N–H and O–H groups in total. The third kappa shape index (κ3) is 4.70. The fourth-order valence-corrected chi connectivity index (χ4v) is 6.16. The van der Waals surface area contributed by atoms with E-state index in [9.17, 15) is 4.39 Å². The molecule has 1 aliphatic heterocycles. The highest BCUT2D eigenvalue weighted by Gasteiger charge is 2.32. The van der Waals surface area contributed by atoms with Gasteiger partial charge in [-0.05, 0) is 108 Å². The smallest absolute Gasteiger partial charge is 0.123 e. The highest BCUT2D eigenvalue weighted by atomic mass is 18.2. The van der Waals surface area contributed by atoms with Gasteiger partial charge in [0, 0.05) is 53.8 Å². The molecule has 1 aliphatic rings. The molecule has 0 spiro atoms. The molecular formula is C32H42FN3. The van der Waals surface area contributed by atoms with Gasteiger partial charge in [-0.3, -0.25) is 0 Å². The molecule has 0 saturated heterocycles. The molecule has 3 nitrogen and oxygen atoms in total. The molecule has 0 fully saturated rings. The molecule has 3 aromatic rings. The van der Waals surface area contributed by atoms with E-state index < -0.39 is 0 Å². The Labute approximate surface area is 217 Å². The van der Waals surface area contributed by atoms with Crippen molar-refractivity contribution >= 4 is 17.1 Å². The van der Waals surface area contributed by atoms with Crippen LogP contribution in [0, 0.1) is 5.82 Å². The zero-order valence-corrected chi connectivity index (χ0v) is 23.4. The van der Waals surface area contributed by atoms with Gasteiger partial charge in [0.1, 0.15) is 5.82 Å².